The van der Waals surface area contributed by atoms with Crippen molar-refractivity contribution in [2.24, 2.45) is 17.3 Å². The maximum absolute atomic E-state index is 13.7. The van der Waals surface area contributed by atoms with Gasteiger partial charge in [0.05, 0.1) is 36.0 Å². The Morgan fingerprint density at radius 1 is 1.09 bits per heavy atom. The summed E-state index contributed by atoms with van der Waals surface area (Å²) in [6.45, 7) is 3.87. The first-order valence-corrected chi connectivity index (χ1v) is 16.8. The van der Waals surface area contributed by atoms with E-state index in [0.717, 1.165) is 17.5 Å². The highest BCUT2D eigenvalue weighted by atomic mass is 32.2. The van der Waals surface area contributed by atoms with Crippen LogP contribution >= 0.6 is 0 Å². The van der Waals surface area contributed by atoms with Crippen LogP contribution in [0.25, 0.3) is 0 Å². The SMILES string of the molecule is COC(=O)N1CCC[C@@H]1COC(=O)N1C[C@@H]2CC(CS(=O)(=O)N3CCC(c4ccc(C#N)cc4C)CC3)(C(=O)NO)C[C@@H]2C1. The molecule has 3 heterocycles. The van der Waals surface area contributed by atoms with Crippen molar-refractivity contribution in [3.63, 3.8) is 0 Å². The fraction of sp³-hybridized carbons (Fsp3) is 0.667. The van der Waals surface area contributed by atoms with Crippen LogP contribution in [0.1, 0.15) is 61.1 Å². The normalized spacial score (nSPS) is 27.5. The number of piperidine rings is 1. The van der Waals surface area contributed by atoms with Crippen LogP contribution in [0.2, 0.25) is 0 Å². The second-order valence-electron chi connectivity index (χ2n) is 12.7. The lowest BCUT2D eigenvalue weighted by molar-refractivity contribution is -0.138. The van der Waals surface area contributed by atoms with E-state index in [2.05, 4.69) is 6.07 Å². The molecular formula is C30H41N5O8S. The predicted octanol–water partition coefficient (Wildman–Crippen LogP) is 2.58. The number of amides is 3. The highest BCUT2D eigenvalue weighted by molar-refractivity contribution is 7.89. The molecule has 13 nitrogen and oxygen atoms in total. The van der Waals surface area contributed by atoms with Gasteiger partial charge in [0.1, 0.15) is 6.61 Å². The third kappa shape index (κ3) is 6.36. The lowest BCUT2D eigenvalue weighted by Gasteiger charge is -2.35. The first-order valence-electron chi connectivity index (χ1n) is 15.2. The lowest BCUT2D eigenvalue weighted by atomic mass is 9.86. The van der Waals surface area contributed by atoms with E-state index in [4.69, 9.17) is 14.7 Å². The van der Waals surface area contributed by atoms with Gasteiger partial charge in [-0.2, -0.15) is 5.26 Å². The van der Waals surface area contributed by atoms with Gasteiger partial charge >= 0.3 is 12.2 Å². The van der Waals surface area contributed by atoms with Crippen molar-refractivity contribution in [1.29, 1.82) is 5.26 Å². The summed E-state index contributed by atoms with van der Waals surface area (Å²) in [5.74, 6) is -1.17. The van der Waals surface area contributed by atoms with E-state index < -0.39 is 39.3 Å². The molecule has 3 amide bonds. The number of fused-ring (bicyclic) bond motifs is 1. The van der Waals surface area contributed by atoms with Gasteiger partial charge in [-0.25, -0.2) is 27.8 Å². The Balaban J connectivity index is 1.17. The monoisotopic (exact) mass is 631 g/mol. The van der Waals surface area contributed by atoms with Crippen molar-refractivity contribution in [2.45, 2.75) is 57.4 Å². The van der Waals surface area contributed by atoms with Gasteiger partial charge in [-0.1, -0.05) is 6.07 Å². The minimum Gasteiger partial charge on any atom is -0.453 e. The number of nitrogens with one attached hydrogen (secondary N) is 1. The van der Waals surface area contributed by atoms with Crippen LogP contribution in [-0.2, 0) is 24.3 Å². The highest BCUT2D eigenvalue weighted by Crippen LogP contribution is 2.50. The number of methoxy groups -OCH3 is 1. The summed E-state index contributed by atoms with van der Waals surface area (Å²) in [6, 6.07) is 7.49. The molecule has 2 N–H and O–H groups in total. The standard InChI is InChI=1S/C30H41N5O8S/c1-20-12-21(15-31)5-6-26(20)22-7-10-34(11-8-22)44(40,41)19-30(27(36)32-39)13-23-16-33(17-24(23)14-30)28(37)43-18-25-4-3-9-35(25)29(38)42-2/h5-6,12,22-25,39H,3-4,7-11,13-14,16-19H2,1-2H3,(H,32,36)/t23-,24+,25-,30?/m1/s1. The number of carbonyl (C=O) groups is 3. The van der Waals surface area contributed by atoms with E-state index in [9.17, 15) is 28.0 Å². The van der Waals surface area contributed by atoms with Gasteiger partial charge in [-0.05, 0) is 86.5 Å². The van der Waals surface area contributed by atoms with E-state index in [1.54, 1.807) is 21.3 Å². The van der Waals surface area contributed by atoms with Gasteiger partial charge in [0.2, 0.25) is 10.0 Å². The fourth-order valence-corrected chi connectivity index (χ4v) is 9.85. The minimum absolute atomic E-state index is 0.0658. The summed E-state index contributed by atoms with van der Waals surface area (Å²) in [7, 11) is -2.51. The first kappa shape index (κ1) is 32.0. The maximum atomic E-state index is 13.7. The zero-order valence-electron chi connectivity index (χ0n) is 25.2. The summed E-state index contributed by atoms with van der Waals surface area (Å²) in [4.78, 5) is 41.0. The molecule has 4 aliphatic rings. The molecule has 14 heteroatoms. The Morgan fingerprint density at radius 2 is 1.77 bits per heavy atom. The van der Waals surface area contributed by atoms with Crippen LogP contribution in [0.5, 0.6) is 0 Å². The molecule has 44 heavy (non-hydrogen) atoms. The highest BCUT2D eigenvalue weighted by Gasteiger charge is 2.56. The molecule has 0 spiro atoms. The van der Waals surface area contributed by atoms with Gasteiger partial charge < -0.3 is 19.3 Å². The Kier molecular flexibility index (Phi) is 9.38. The minimum atomic E-state index is -3.83. The Bertz CT molecular complexity index is 1410. The maximum Gasteiger partial charge on any atom is 0.409 e. The van der Waals surface area contributed by atoms with Crippen LogP contribution < -0.4 is 5.48 Å². The summed E-state index contributed by atoms with van der Waals surface area (Å²) in [6.07, 6.45) is 2.29. The van der Waals surface area contributed by atoms with Crippen LogP contribution in [0.15, 0.2) is 18.2 Å². The summed E-state index contributed by atoms with van der Waals surface area (Å²) in [5.41, 5.74) is 3.14. The number of rotatable bonds is 7. The molecule has 0 aromatic heterocycles. The number of ether oxygens (including phenoxy) is 2. The van der Waals surface area contributed by atoms with E-state index in [1.807, 2.05) is 19.1 Å². The molecule has 1 aromatic rings. The molecule has 4 atom stereocenters. The van der Waals surface area contributed by atoms with E-state index in [1.165, 1.54) is 11.4 Å². The number of likely N-dealkylation sites (tertiary alicyclic amines) is 2. The van der Waals surface area contributed by atoms with Crippen molar-refractivity contribution in [1.82, 2.24) is 19.6 Å². The van der Waals surface area contributed by atoms with Crippen LogP contribution in [0.4, 0.5) is 9.59 Å². The average molecular weight is 632 g/mol. The first-order chi connectivity index (χ1) is 21.0. The number of nitriles is 1. The summed E-state index contributed by atoms with van der Waals surface area (Å²) >= 11 is 0. The van der Waals surface area contributed by atoms with E-state index in [0.29, 0.717) is 57.5 Å². The Morgan fingerprint density at radius 3 is 2.36 bits per heavy atom. The van der Waals surface area contributed by atoms with E-state index in [-0.39, 0.29) is 43.2 Å². The van der Waals surface area contributed by atoms with Gasteiger partial charge in [-0.3, -0.25) is 10.0 Å². The molecule has 1 saturated carbocycles. The molecule has 1 aliphatic carbocycles. The number of hydroxylamine groups is 1. The largest absolute Gasteiger partial charge is 0.453 e. The molecular weight excluding hydrogens is 590 g/mol. The third-order valence-electron chi connectivity index (χ3n) is 10.1. The number of hydrogen-bond acceptors (Lipinski definition) is 9. The third-order valence-corrected chi connectivity index (χ3v) is 12.1. The molecule has 240 valence electrons. The van der Waals surface area contributed by atoms with Gasteiger partial charge in [0.15, 0.2) is 0 Å². The van der Waals surface area contributed by atoms with Crippen molar-refractivity contribution in [3.8, 4) is 6.07 Å². The van der Waals surface area contributed by atoms with Gasteiger partial charge in [0, 0.05) is 32.7 Å². The predicted molar refractivity (Wildman–Crippen MR) is 157 cm³/mol. The second-order valence-corrected chi connectivity index (χ2v) is 14.7. The summed E-state index contributed by atoms with van der Waals surface area (Å²) in [5, 5.41) is 18.8. The second kappa shape index (κ2) is 12.9. The van der Waals surface area contributed by atoms with Crippen LogP contribution in [0, 0.1) is 35.5 Å². The molecule has 0 radical (unpaired) electrons. The van der Waals surface area contributed by atoms with Gasteiger partial charge in [0.25, 0.3) is 5.91 Å². The van der Waals surface area contributed by atoms with Crippen LogP contribution in [0.3, 0.4) is 0 Å². The van der Waals surface area contributed by atoms with Crippen molar-refractivity contribution in [3.05, 3.63) is 34.9 Å². The van der Waals surface area contributed by atoms with Crippen molar-refractivity contribution >= 4 is 28.1 Å². The molecule has 3 aliphatic heterocycles. The number of sulfonamides is 1. The average Bonchev–Trinajstić information content (AvgIpc) is 3.73. The smallest absolute Gasteiger partial charge is 0.409 e. The quantitative estimate of drug-likeness (QED) is 0.339. The number of hydrogen-bond donors (Lipinski definition) is 2. The van der Waals surface area contributed by atoms with E-state index >= 15 is 0 Å². The Labute approximate surface area is 258 Å². The zero-order chi connectivity index (χ0) is 31.6. The zero-order valence-corrected chi connectivity index (χ0v) is 26.1. The van der Waals surface area contributed by atoms with Gasteiger partial charge in [-0.15, -0.1) is 0 Å². The Hall–Kier alpha value is -3.41. The molecule has 5 rings (SSSR count). The number of aryl methyl sites for hydroxylation is 1. The molecule has 4 fully saturated rings. The topological polar surface area (TPSA) is 170 Å². The van der Waals surface area contributed by atoms with Crippen LogP contribution in [-0.4, -0.2) is 104 Å². The fourth-order valence-electron chi connectivity index (χ4n) is 7.84. The number of benzene rings is 1. The number of nitrogens with zero attached hydrogens (tertiary/aromatic N) is 4. The molecule has 0 bridgehead atoms. The summed E-state index contributed by atoms with van der Waals surface area (Å²) < 4.78 is 39.1. The van der Waals surface area contributed by atoms with Crippen molar-refractivity contribution < 1.29 is 37.5 Å². The lowest BCUT2D eigenvalue weighted by Crippen LogP contribution is -2.49. The molecule has 3 saturated heterocycles. The number of carbonyl (C=O) groups excluding carboxylic acids is 3. The van der Waals surface area contributed by atoms with Crippen molar-refractivity contribution in [2.75, 3.05) is 52.2 Å². The molecule has 1 unspecified atom stereocenters. The molecule has 1 aromatic carbocycles.